The number of nitrogens with zero attached hydrogens (tertiary/aromatic N) is 3. The van der Waals surface area contributed by atoms with Gasteiger partial charge in [-0.05, 0) is 43.7 Å². The number of ether oxygens (including phenoxy) is 1. The first-order valence-electron chi connectivity index (χ1n) is 9.58. The van der Waals surface area contributed by atoms with Crippen LogP contribution in [0.1, 0.15) is 43.3 Å². The maximum absolute atomic E-state index is 12.7. The van der Waals surface area contributed by atoms with Gasteiger partial charge in [0.1, 0.15) is 0 Å². The van der Waals surface area contributed by atoms with Crippen LogP contribution in [0.4, 0.5) is 0 Å². The van der Waals surface area contributed by atoms with Crippen LogP contribution in [0.5, 0.6) is 0 Å². The third-order valence-electron chi connectivity index (χ3n) is 5.46. The van der Waals surface area contributed by atoms with E-state index >= 15 is 0 Å². The lowest BCUT2D eigenvalue weighted by Gasteiger charge is -2.18. The molecule has 2 aliphatic rings. The Morgan fingerprint density at radius 3 is 2.67 bits per heavy atom. The summed E-state index contributed by atoms with van der Waals surface area (Å²) in [5.41, 5.74) is 0. The van der Waals surface area contributed by atoms with E-state index in [1.807, 2.05) is 6.07 Å². The van der Waals surface area contributed by atoms with Gasteiger partial charge in [0, 0.05) is 38.6 Å². The predicted molar refractivity (Wildman–Crippen MR) is 98.7 cm³/mol. The zero-order chi connectivity index (χ0) is 18.7. The Hall–Kier alpha value is -1.77. The second-order valence-electron chi connectivity index (χ2n) is 7.30. The molecule has 0 radical (unpaired) electrons. The zero-order valence-corrected chi connectivity index (χ0v) is 16.1. The lowest BCUT2D eigenvalue weighted by Crippen LogP contribution is -2.28. The molecule has 0 amide bonds. The number of sulfonamides is 1. The zero-order valence-electron chi connectivity index (χ0n) is 15.3. The first-order valence-corrected chi connectivity index (χ1v) is 11.0. The number of rotatable bonds is 6. The first-order chi connectivity index (χ1) is 13.1. The largest absolute Gasteiger partial charge is 0.381 e. The topological polar surface area (TPSA) is 85.5 Å². The highest BCUT2D eigenvalue weighted by molar-refractivity contribution is 7.89. The Bertz CT molecular complexity index is 847. The molecule has 0 saturated carbocycles. The van der Waals surface area contributed by atoms with Gasteiger partial charge < -0.3 is 9.26 Å². The lowest BCUT2D eigenvalue weighted by atomic mass is 10.0. The summed E-state index contributed by atoms with van der Waals surface area (Å²) in [5, 5.41) is 4.11. The van der Waals surface area contributed by atoms with Gasteiger partial charge in [-0.1, -0.05) is 23.4 Å². The van der Waals surface area contributed by atoms with E-state index in [1.54, 1.807) is 28.6 Å². The molecule has 0 N–H and O–H groups in total. The summed E-state index contributed by atoms with van der Waals surface area (Å²) in [5.74, 6) is 2.07. The van der Waals surface area contributed by atoms with Crippen molar-refractivity contribution in [2.75, 3.05) is 26.3 Å². The fourth-order valence-electron chi connectivity index (χ4n) is 3.81. The Morgan fingerprint density at radius 2 is 1.89 bits per heavy atom. The minimum atomic E-state index is -3.39. The van der Waals surface area contributed by atoms with Crippen molar-refractivity contribution >= 4 is 10.0 Å². The Kier molecular flexibility index (Phi) is 5.56. The van der Waals surface area contributed by atoms with Crippen LogP contribution in [0.25, 0.3) is 0 Å². The molecule has 0 bridgehead atoms. The molecular weight excluding hydrogens is 366 g/mol. The van der Waals surface area contributed by atoms with E-state index in [-0.39, 0.29) is 0 Å². The van der Waals surface area contributed by atoms with Crippen molar-refractivity contribution in [3.05, 3.63) is 42.0 Å². The first kappa shape index (κ1) is 18.6. The van der Waals surface area contributed by atoms with Crippen molar-refractivity contribution < 1.29 is 17.7 Å². The summed E-state index contributed by atoms with van der Waals surface area (Å²) in [7, 11) is -3.39. The number of hydrogen-bond acceptors (Lipinski definition) is 6. The van der Waals surface area contributed by atoms with E-state index in [0.29, 0.717) is 35.7 Å². The van der Waals surface area contributed by atoms with Crippen LogP contribution in [0.3, 0.4) is 0 Å². The van der Waals surface area contributed by atoms with E-state index in [1.165, 1.54) is 0 Å². The molecule has 8 heteroatoms. The summed E-state index contributed by atoms with van der Waals surface area (Å²) in [6.07, 6.45) is 4.31. The average Bonchev–Trinajstić information content (AvgIpc) is 3.38. The Labute approximate surface area is 159 Å². The molecular formula is C19H25N3O4S. The number of aryl methyl sites for hydroxylation is 1. The molecule has 2 aromatic rings. The molecule has 1 aromatic carbocycles. The molecule has 27 heavy (non-hydrogen) atoms. The van der Waals surface area contributed by atoms with E-state index in [4.69, 9.17) is 9.26 Å². The highest BCUT2D eigenvalue weighted by atomic mass is 32.2. The molecule has 0 spiro atoms. The van der Waals surface area contributed by atoms with Crippen LogP contribution in [0, 0.1) is 5.92 Å². The minimum Gasteiger partial charge on any atom is -0.381 e. The van der Waals surface area contributed by atoms with Gasteiger partial charge in [0.05, 0.1) is 4.90 Å². The van der Waals surface area contributed by atoms with E-state index in [9.17, 15) is 8.42 Å². The number of hydrogen-bond donors (Lipinski definition) is 0. The van der Waals surface area contributed by atoms with Crippen LogP contribution in [-0.4, -0.2) is 49.2 Å². The van der Waals surface area contributed by atoms with Crippen molar-refractivity contribution in [2.45, 2.75) is 42.9 Å². The minimum absolute atomic E-state index is 0.304. The third-order valence-corrected chi connectivity index (χ3v) is 7.34. The quantitative estimate of drug-likeness (QED) is 0.752. The molecule has 146 valence electrons. The monoisotopic (exact) mass is 391 g/mol. The van der Waals surface area contributed by atoms with Crippen LogP contribution >= 0.6 is 0 Å². The molecule has 2 fully saturated rings. The molecule has 7 nitrogen and oxygen atoms in total. The second-order valence-corrected chi connectivity index (χ2v) is 9.24. The Morgan fingerprint density at radius 1 is 1.11 bits per heavy atom. The molecule has 4 rings (SSSR count). The fourth-order valence-corrected chi connectivity index (χ4v) is 5.36. The van der Waals surface area contributed by atoms with Crippen molar-refractivity contribution in [1.29, 1.82) is 0 Å². The van der Waals surface area contributed by atoms with Gasteiger partial charge in [-0.25, -0.2) is 8.42 Å². The molecule has 1 atom stereocenters. The molecule has 1 aromatic heterocycles. The van der Waals surface area contributed by atoms with Gasteiger partial charge in [0.15, 0.2) is 5.82 Å². The van der Waals surface area contributed by atoms with Crippen molar-refractivity contribution in [2.24, 2.45) is 5.92 Å². The second kappa shape index (κ2) is 8.08. The summed E-state index contributed by atoms with van der Waals surface area (Å²) < 4.78 is 37.8. The lowest BCUT2D eigenvalue weighted by molar-refractivity contribution is 0.0778. The van der Waals surface area contributed by atoms with Gasteiger partial charge >= 0.3 is 0 Å². The van der Waals surface area contributed by atoms with Gasteiger partial charge in [-0.2, -0.15) is 9.29 Å². The summed E-state index contributed by atoms with van der Waals surface area (Å²) in [6, 6.07) is 8.64. The summed E-state index contributed by atoms with van der Waals surface area (Å²) in [6.45, 7) is 2.62. The van der Waals surface area contributed by atoms with Crippen molar-refractivity contribution in [3.63, 3.8) is 0 Å². The smallest absolute Gasteiger partial charge is 0.243 e. The predicted octanol–water partition coefficient (Wildman–Crippen LogP) is 2.61. The standard InChI is InChI=1S/C19H25N3O4S/c23-27(24,17-4-2-1-3-5-17)22-11-8-15(14-22)6-7-18-20-19(26-21-18)16-9-12-25-13-10-16/h1-5,15-16H,6-14H2. The number of benzene rings is 1. The van der Waals surface area contributed by atoms with Gasteiger partial charge in [0.2, 0.25) is 15.9 Å². The Balaban J connectivity index is 1.31. The highest BCUT2D eigenvalue weighted by Crippen LogP contribution is 2.28. The average molecular weight is 391 g/mol. The molecule has 2 aliphatic heterocycles. The van der Waals surface area contributed by atoms with Gasteiger partial charge in [-0.3, -0.25) is 0 Å². The van der Waals surface area contributed by atoms with E-state index < -0.39 is 10.0 Å². The molecule has 1 unspecified atom stereocenters. The highest BCUT2D eigenvalue weighted by Gasteiger charge is 2.32. The molecule has 2 saturated heterocycles. The molecule has 0 aliphatic carbocycles. The van der Waals surface area contributed by atoms with Crippen LogP contribution in [0.15, 0.2) is 39.8 Å². The van der Waals surface area contributed by atoms with E-state index in [2.05, 4.69) is 10.1 Å². The van der Waals surface area contributed by atoms with E-state index in [0.717, 1.165) is 51.1 Å². The van der Waals surface area contributed by atoms with Gasteiger partial charge in [-0.15, -0.1) is 0 Å². The van der Waals surface area contributed by atoms with Crippen LogP contribution in [0.2, 0.25) is 0 Å². The van der Waals surface area contributed by atoms with Gasteiger partial charge in [0.25, 0.3) is 0 Å². The summed E-state index contributed by atoms with van der Waals surface area (Å²) >= 11 is 0. The number of aromatic nitrogens is 2. The van der Waals surface area contributed by atoms with Crippen LogP contribution < -0.4 is 0 Å². The fraction of sp³-hybridized carbons (Fsp3) is 0.579. The SMILES string of the molecule is O=S(=O)(c1ccccc1)N1CCC(CCc2noc(C3CCOCC3)n2)C1. The summed E-state index contributed by atoms with van der Waals surface area (Å²) in [4.78, 5) is 4.91. The maximum atomic E-state index is 12.7. The molecule has 3 heterocycles. The van der Waals surface area contributed by atoms with Crippen molar-refractivity contribution in [1.82, 2.24) is 14.4 Å². The third kappa shape index (κ3) is 4.23. The van der Waals surface area contributed by atoms with Crippen molar-refractivity contribution in [3.8, 4) is 0 Å². The van der Waals surface area contributed by atoms with Crippen LogP contribution in [-0.2, 0) is 21.2 Å². The maximum Gasteiger partial charge on any atom is 0.243 e. The normalized spacial score (nSPS) is 22.3.